The van der Waals surface area contributed by atoms with Crippen LogP contribution in [0.15, 0.2) is 58.2 Å². The van der Waals surface area contributed by atoms with Gasteiger partial charge in [-0.25, -0.2) is 0 Å². The molecule has 1 saturated heterocycles. The molecule has 5 rings (SSSR count). The van der Waals surface area contributed by atoms with E-state index >= 15 is 0 Å². The molecule has 1 saturated carbocycles. The first-order valence-corrected chi connectivity index (χ1v) is 14.0. The second kappa shape index (κ2) is 11.5. The van der Waals surface area contributed by atoms with Crippen LogP contribution in [0.25, 0.3) is 5.69 Å². The van der Waals surface area contributed by atoms with Crippen LogP contribution in [0.1, 0.15) is 32.1 Å². The van der Waals surface area contributed by atoms with Crippen molar-refractivity contribution in [2.45, 2.75) is 43.3 Å². The smallest absolute Gasteiger partial charge is 0.234 e. The van der Waals surface area contributed by atoms with Crippen LogP contribution >= 0.6 is 27.7 Å². The molecule has 1 aromatic heterocycles. The number of tetrazole rings is 1. The van der Waals surface area contributed by atoms with Crippen LogP contribution in [0.2, 0.25) is 0 Å². The van der Waals surface area contributed by atoms with Crippen molar-refractivity contribution in [1.29, 1.82) is 0 Å². The highest BCUT2D eigenvalue weighted by atomic mass is 79.9. The Morgan fingerprint density at radius 1 is 1.00 bits per heavy atom. The van der Waals surface area contributed by atoms with E-state index in [0.29, 0.717) is 5.16 Å². The molecule has 1 amide bonds. The van der Waals surface area contributed by atoms with Gasteiger partial charge in [0.1, 0.15) is 0 Å². The first-order chi connectivity index (χ1) is 17.2. The minimum atomic E-state index is -0.0753. The predicted molar refractivity (Wildman–Crippen MR) is 143 cm³/mol. The predicted octanol–water partition coefficient (Wildman–Crippen LogP) is 4.61. The standard InChI is InChI=1S/C25H30BrN7OS/c26-19-10-12-21(13-11-19)33-25(28-29-30-33)35-18-24(34)27-22-8-4-5-9-23(22)32-16-14-31(15-17-32)20-6-2-1-3-7-20/h4-5,8-13,20H,1-3,6-7,14-18H2,(H,27,34). The first-order valence-electron chi connectivity index (χ1n) is 12.2. The van der Waals surface area contributed by atoms with Crippen molar-refractivity contribution < 1.29 is 4.79 Å². The Morgan fingerprint density at radius 3 is 2.51 bits per heavy atom. The summed E-state index contributed by atoms with van der Waals surface area (Å²) in [6, 6.07) is 16.6. The van der Waals surface area contributed by atoms with Gasteiger partial charge >= 0.3 is 0 Å². The maximum Gasteiger partial charge on any atom is 0.234 e. The summed E-state index contributed by atoms with van der Waals surface area (Å²) in [6.45, 7) is 4.14. The van der Waals surface area contributed by atoms with E-state index in [1.165, 1.54) is 43.9 Å². The number of anilines is 2. The van der Waals surface area contributed by atoms with E-state index in [2.05, 4.69) is 52.6 Å². The molecule has 1 N–H and O–H groups in total. The zero-order chi connectivity index (χ0) is 24.0. The Balaban J connectivity index is 1.18. The van der Waals surface area contributed by atoms with Gasteiger partial charge in [0.15, 0.2) is 0 Å². The van der Waals surface area contributed by atoms with Crippen molar-refractivity contribution in [1.82, 2.24) is 25.1 Å². The molecule has 184 valence electrons. The Labute approximate surface area is 218 Å². The van der Waals surface area contributed by atoms with E-state index in [-0.39, 0.29) is 11.7 Å². The minimum Gasteiger partial charge on any atom is -0.367 e. The number of carbonyl (C=O) groups is 1. The normalized spacial score (nSPS) is 17.5. The fourth-order valence-electron chi connectivity index (χ4n) is 4.96. The molecule has 2 heterocycles. The van der Waals surface area contributed by atoms with Crippen molar-refractivity contribution in [3.05, 3.63) is 53.0 Å². The number of hydrogen-bond acceptors (Lipinski definition) is 7. The molecule has 35 heavy (non-hydrogen) atoms. The first kappa shape index (κ1) is 24.3. The van der Waals surface area contributed by atoms with Gasteiger partial charge in [-0.2, -0.15) is 4.68 Å². The third-order valence-corrected chi connectivity index (χ3v) is 8.22. The summed E-state index contributed by atoms with van der Waals surface area (Å²) < 4.78 is 2.63. The van der Waals surface area contributed by atoms with Crippen molar-refractivity contribution in [2.75, 3.05) is 42.1 Å². The van der Waals surface area contributed by atoms with E-state index in [1.807, 2.05) is 42.5 Å². The molecule has 10 heteroatoms. The lowest BCUT2D eigenvalue weighted by molar-refractivity contribution is -0.113. The van der Waals surface area contributed by atoms with Crippen LogP contribution in [0.5, 0.6) is 0 Å². The number of carbonyl (C=O) groups excluding carboxylic acids is 1. The molecule has 8 nitrogen and oxygen atoms in total. The van der Waals surface area contributed by atoms with E-state index in [0.717, 1.165) is 53.8 Å². The molecular formula is C25H30BrN7OS. The van der Waals surface area contributed by atoms with Crippen LogP contribution in [-0.2, 0) is 4.79 Å². The van der Waals surface area contributed by atoms with E-state index in [4.69, 9.17) is 0 Å². The summed E-state index contributed by atoms with van der Waals surface area (Å²) in [7, 11) is 0. The number of nitrogens with zero attached hydrogens (tertiary/aromatic N) is 6. The van der Waals surface area contributed by atoms with Gasteiger partial charge in [-0.1, -0.05) is 59.1 Å². The number of thioether (sulfide) groups is 1. The number of piperazine rings is 1. The van der Waals surface area contributed by atoms with Crippen molar-refractivity contribution >= 4 is 45.0 Å². The summed E-state index contributed by atoms with van der Waals surface area (Å²) in [5.41, 5.74) is 2.80. The van der Waals surface area contributed by atoms with Gasteiger partial charge in [0.25, 0.3) is 0 Å². The lowest BCUT2D eigenvalue weighted by Gasteiger charge is -2.42. The second-order valence-electron chi connectivity index (χ2n) is 9.02. The molecule has 0 atom stereocenters. The average molecular weight is 557 g/mol. The molecule has 0 unspecified atom stereocenters. The maximum atomic E-state index is 12.9. The van der Waals surface area contributed by atoms with Crippen molar-refractivity contribution in [2.24, 2.45) is 0 Å². The third kappa shape index (κ3) is 6.05. The molecule has 2 aromatic carbocycles. The van der Waals surface area contributed by atoms with Crippen LogP contribution in [0, 0.1) is 0 Å². The van der Waals surface area contributed by atoms with Crippen LogP contribution in [-0.4, -0.2) is 69.0 Å². The highest BCUT2D eigenvalue weighted by Crippen LogP contribution is 2.29. The maximum absolute atomic E-state index is 12.9. The number of rotatable bonds is 7. The van der Waals surface area contributed by atoms with Gasteiger partial charge < -0.3 is 10.2 Å². The minimum absolute atomic E-state index is 0.0753. The second-order valence-corrected chi connectivity index (χ2v) is 10.9. The fourth-order valence-corrected chi connectivity index (χ4v) is 5.91. The van der Waals surface area contributed by atoms with Crippen molar-refractivity contribution in [3.63, 3.8) is 0 Å². The Bertz CT molecular complexity index is 1120. The van der Waals surface area contributed by atoms with Gasteiger partial charge in [-0.15, -0.1) is 5.10 Å². The highest BCUT2D eigenvalue weighted by molar-refractivity contribution is 9.10. The number of amides is 1. The topological polar surface area (TPSA) is 79.2 Å². The fraction of sp³-hybridized carbons (Fsp3) is 0.440. The lowest BCUT2D eigenvalue weighted by Crippen LogP contribution is -2.51. The number of benzene rings is 2. The van der Waals surface area contributed by atoms with Gasteiger partial charge in [0.05, 0.1) is 22.8 Å². The van der Waals surface area contributed by atoms with Gasteiger partial charge in [0, 0.05) is 36.7 Å². The number of nitrogens with one attached hydrogen (secondary N) is 1. The van der Waals surface area contributed by atoms with Crippen LogP contribution < -0.4 is 10.2 Å². The molecule has 0 radical (unpaired) electrons. The number of halogens is 1. The van der Waals surface area contributed by atoms with Gasteiger partial charge in [-0.05, 0) is 59.7 Å². The number of para-hydroxylation sites is 2. The lowest BCUT2D eigenvalue weighted by atomic mass is 9.94. The Morgan fingerprint density at radius 2 is 1.74 bits per heavy atom. The summed E-state index contributed by atoms with van der Waals surface area (Å²) in [6.07, 6.45) is 6.81. The molecular weight excluding hydrogens is 526 g/mol. The summed E-state index contributed by atoms with van der Waals surface area (Å²) >= 11 is 4.76. The summed E-state index contributed by atoms with van der Waals surface area (Å²) in [4.78, 5) is 17.9. The van der Waals surface area contributed by atoms with Crippen LogP contribution in [0.4, 0.5) is 11.4 Å². The van der Waals surface area contributed by atoms with E-state index in [9.17, 15) is 4.79 Å². The average Bonchev–Trinajstić information content (AvgIpc) is 3.38. The zero-order valence-corrected chi connectivity index (χ0v) is 22.0. The van der Waals surface area contributed by atoms with Gasteiger partial charge in [-0.3, -0.25) is 9.69 Å². The molecule has 1 aliphatic heterocycles. The monoisotopic (exact) mass is 555 g/mol. The Kier molecular flexibility index (Phi) is 8.00. The molecule has 0 bridgehead atoms. The highest BCUT2D eigenvalue weighted by Gasteiger charge is 2.26. The quantitative estimate of drug-likeness (QED) is 0.426. The Hall–Kier alpha value is -2.43. The molecule has 2 fully saturated rings. The van der Waals surface area contributed by atoms with E-state index in [1.54, 1.807) is 4.68 Å². The van der Waals surface area contributed by atoms with Crippen molar-refractivity contribution in [3.8, 4) is 5.69 Å². The largest absolute Gasteiger partial charge is 0.367 e. The van der Waals surface area contributed by atoms with Gasteiger partial charge in [0.2, 0.25) is 11.1 Å². The van der Waals surface area contributed by atoms with Crippen LogP contribution in [0.3, 0.4) is 0 Å². The number of aromatic nitrogens is 4. The zero-order valence-electron chi connectivity index (χ0n) is 19.6. The van der Waals surface area contributed by atoms with E-state index < -0.39 is 0 Å². The molecule has 3 aromatic rings. The number of hydrogen-bond donors (Lipinski definition) is 1. The third-order valence-electron chi connectivity index (χ3n) is 6.77. The molecule has 1 aliphatic carbocycles. The summed E-state index contributed by atoms with van der Waals surface area (Å²) in [5.74, 6) is 0.148. The molecule has 0 spiro atoms. The summed E-state index contributed by atoms with van der Waals surface area (Å²) in [5, 5.41) is 15.6. The molecule has 2 aliphatic rings. The SMILES string of the molecule is O=C(CSc1nnnn1-c1ccc(Br)cc1)Nc1ccccc1N1CCN(C2CCCCC2)CC1.